The smallest absolute Gasteiger partial charge is 0.255 e. The maximum absolute atomic E-state index is 13.0. The highest BCUT2D eigenvalue weighted by Crippen LogP contribution is 2.25. The Balaban J connectivity index is 1.77. The van der Waals surface area contributed by atoms with Gasteiger partial charge in [-0.3, -0.25) is 4.79 Å². The molecule has 0 saturated heterocycles. The van der Waals surface area contributed by atoms with Gasteiger partial charge < -0.3 is 10.1 Å². The van der Waals surface area contributed by atoms with E-state index in [-0.39, 0.29) is 17.3 Å². The second-order valence-corrected chi connectivity index (χ2v) is 10.4. The molecule has 3 rings (SSSR count). The number of sulfonamides is 1. The molecule has 7 heteroatoms. The van der Waals surface area contributed by atoms with Crippen LogP contribution in [-0.2, 0) is 23.0 Å². The van der Waals surface area contributed by atoms with Gasteiger partial charge in [-0.1, -0.05) is 43.2 Å². The third-order valence-corrected chi connectivity index (χ3v) is 7.51. The zero-order chi connectivity index (χ0) is 24.7. The number of unbranched alkanes of at least 4 members (excludes halogenated alkanes) is 1. The minimum absolute atomic E-state index is 0.0621. The van der Waals surface area contributed by atoms with Crippen LogP contribution < -0.4 is 10.1 Å². The minimum atomic E-state index is -3.69. The average molecular weight is 481 g/mol. The van der Waals surface area contributed by atoms with E-state index in [9.17, 15) is 13.2 Å². The van der Waals surface area contributed by atoms with Crippen molar-refractivity contribution < 1.29 is 17.9 Å². The Labute approximate surface area is 202 Å². The summed E-state index contributed by atoms with van der Waals surface area (Å²) in [5.74, 6) is 0.247. The zero-order valence-electron chi connectivity index (χ0n) is 20.2. The molecule has 0 aliphatic carbocycles. The van der Waals surface area contributed by atoms with Crippen LogP contribution in [0.25, 0.3) is 0 Å². The summed E-state index contributed by atoms with van der Waals surface area (Å²) >= 11 is 0. The molecule has 0 aliphatic heterocycles. The van der Waals surface area contributed by atoms with Crippen molar-refractivity contribution in [3.63, 3.8) is 0 Å². The van der Waals surface area contributed by atoms with Crippen LogP contribution in [0.1, 0.15) is 46.8 Å². The average Bonchev–Trinajstić information content (AvgIpc) is 2.83. The van der Waals surface area contributed by atoms with E-state index in [1.807, 2.05) is 31.2 Å². The lowest BCUT2D eigenvalue weighted by molar-refractivity contribution is 0.102. The summed E-state index contributed by atoms with van der Waals surface area (Å²) in [6.07, 6.45) is 3.29. The molecule has 0 aromatic heterocycles. The molecule has 3 aromatic carbocycles. The fraction of sp³-hybridized carbons (Fsp3) is 0.296. The molecular formula is C27H32N2O4S. The van der Waals surface area contributed by atoms with E-state index in [0.717, 1.165) is 24.8 Å². The van der Waals surface area contributed by atoms with Crippen molar-refractivity contribution in [3.05, 3.63) is 89.0 Å². The Kier molecular flexibility index (Phi) is 8.47. The summed E-state index contributed by atoms with van der Waals surface area (Å²) < 4.78 is 32.7. The maximum Gasteiger partial charge on any atom is 0.255 e. The number of carbonyl (C=O) groups excluding carboxylic acids is 1. The van der Waals surface area contributed by atoms with Gasteiger partial charge in [0.1, 0.15) is 5.75 Å². The number of nitrogens with one attached hydrogen (secondary N) is 1. The molecule has 1 amide bonds. The van der Waals surface area contributed by atoms with E-state index in [1.54, 1.807) is 42.5 Å². The van der Waals surface area contributed by atoms with Crippen molar-refractivity contribution >= 4 is 21.6 Å². The van der Waals surface area contributed by atoms with Crippen LogP contribution in [0.4, 0.5) is 5.69 Å². The zero-order valence-corrected chi connectivity index (χ0v) is 21.0. The summed E-state index contributed by atoms with van der Waals surface area (Å²) in [4.78, 5) is 13.1. The molecule has 3 aromatic rings. The molecule has 0 radical (unpaired) electrons. The molecule has 0 atom stereocenters. The highest BCUT2D eigenvalue weighted by atomic mass is 32.2. The van der Waals surface area contributed by atoms with Crippen LogP contribution in [0, 0.1) is 6.92 Å². The normalized spacial score (nSPS) is 11.4. The predicted molar refractivity (Wildman–Crippen MR) is 136 cm³/mol. The molecule has 1 N–H and O–H groups in total. The first-order valence-corrected chi connectivity index (χ1v) is 12.8. The van der Waals surface area contributed by atoms with Gasteiger partial charge in [-0.15, -0.1) is 0 Å². The van der Waals surface area contributed by atoms with E-state index in [0.29, 0.717) is 22.6 Å². The second-order valence-electron chi connectivity index (χ2n) is 8.36. The van der Waals surface area contributed by atoms with Crippen LogP contribution in [0.15, 0.2) is 71.6 Å². The highest BCUT2D eigenvalue weighted by Gasteiger charge is 2.22. The van der Waals surface area contributed by atoms with Crippen LogP contribution in [0.3, 0.4) is 0 Å². The summed E-state index contributed by atoms with van der Waals surface area (Å²) in [7, 11) is -0.658. The molecule has 0 spiro atoms. The molecule has 0 bridgehead atoms. The molecule has 6 nitrogen and oxygen atoms in total. The van der Waals surface area contributed by atoms with Gasteiger partial charge in [0, 0.05) is 30.4 Å². The number of anilines is 1. The number of aryl methyl sites for hydroxylation is 2. The first-order chi connectivity index (χ1) is 16.2. The third kappa shape index (κ3) is 6.24. The Morgan fingerprint density at radius 3 is 2.29 bits per heavy atom. The van der Waals surface area contributed by atoms with Crippen molar-refractivity contribution in [2.75, 3.05) is 19.5 Å². The quantitative estimate of drug-likeness (QED) is 0.420. The van der Waals surface area contributed by atoms with Crippen molar-refractivity contribution in [2.24, 2.45) is 0 Å². The number of benzene rings is 3. The summed E-state index contributed by atoms with van der Waals surface area (Å²) in [5.41, 5.74) is 3.96. The predicted octanol–water partition coefficient (Wildman–Crippen LogP) is 5.42. The number of methoxy groups -OCH3 is 1. The molecule has 0 unspecified atom stereocenters. The van der Waals surface area contributed by atoms with Crippen LogP contribution >= 0.6 is 0 Å². The van der Waals surface area contributed by atoms with Gasteiger partial charge in [-0.05, 0) is 67.8 Å². The van der Waals surface area contributed by atoms with E-state index in [2.05, 4.69) is 12.2 Å². The van der Waals surface area contributed by atoms with Gasteiger partial charge in [0.15, 0.2) is 0 Å². The lowest BCUT2D eigenvalue weighted by atomic mass is 10.1. The number of nitrogens with zero attached hydrogens (tertiary/aromatic N) is 1. The fourth-order valence-corrected chi connectivity index (χ4v) is 4.75. The van der Waals surface area contributed by atoms with Crippen molar-refractivity contribution in [3.8, 4) is 5.75 Å². The summed E-state index contributed by atoms with van der Waals surface area (Å²) in [6, 6.07) is 19.6. The van der Waals surface area contributed by atoms with E-state index >= 15 is 0 Å². The van der Waals surface area contributed by atoms with Gasteiger partial charge in [0.2, 0.25) is 10.0 Å². The summed E-state index contributed by atoms with van der Waals surface area (Å²) in [5, 5.41) is 2.91. The van der Waals surface area contributed by atoms with Crippen molar-refractivity contribution in [1.82, 2.24) is 4.31 Å². The first kappa shape index (κ1) is 25.5. The van der Waals surface area contributed by atoms with Gasteiger partial charge in [-0.2, -0.15) is 4.31 Å². The number of rotatable bonds is 10. The largest absolute Gasteiger partial charge is 0.496 e. The topological polar surface area (TPSA) is 75.7 Å². The number of ether oxygens (including phenoxy) is 1. The maximum atomic E-state index is 13.0. The Morgan fingerprint density at radius 1 is 1.00 bits per heavy atom. The number of carbonyl (C=O) groups is 1. The second kappa shape index (κ2) is 11.3. The van der Waals surface area contributed by atoms with E-state index in [1.165, 1.54) is 24.0 Å². The Morgan fingerprint density at radius 2 is 1.68 bits per heavy atom. The lowest BCUT2D eigenvalue weighted by Gasteiger charge is -2.19. The van der Waals surface area contributed by atoms with Gasteiger partial charge in [0.25, 0.3) is 5.91 Å². The molecule has 0 heterocycles. The van der Waals surface area contributed by atoms with E-state index < -0.39 is 10.0 Å². The standard InChI is InChI=1S/C27H32N2O4S/c1-5-6-7-21-10-13-24(14-11-21)28-27(30)22-12-17-26(33-4)23(18-22)19-29(3)34(31,32)25-15-8-20(2)9-16-25/h8-18H,5-7,19H2,1-4H3,(H,28,30). The monoisotopic (exact) mass is 480 g/mol. The van der Waals surface area contributed by atoms with Crippen LogP contribution in [-0.4, -0.2) is 32.8 Å². The third-order valence-electron chi connectivity index (χ3n) is 5.70. The molecule has 34 heavy (non-hydrogen) atoms. The van der Waals surface area contributed by atoms with Crippen molar-refractivity contribution in [2.45, 2.75) is 44.6 Å². The molecular weight excluding hydrogens is 448 g/mol. The SMILES string of the molecule is CCCCc1ccc(NC(=O)c2ccc(OC)c(CN(C)S(=O)(=O)c3ccc(C)cc3)c2)cc1. The fourth-order valence-electron chi connectivity index (χ4n) is 3.60. The Hall–Kier alpha value is -3.16. The highest BCUT2D eigenvalue weighted by molar-refractivity contribution is 7.89. The van der Waals surface area contributed by atoms with E-state index in [4.69, 9.17) is 4.74 Å². The van der Waals surface area contributed by atoms with Crippen LogP contribution in [0.5, 0.6) is 5.75 Å². The Bertz CT molecular complexity index is 1220. The molecule has 0 saturated carbocycles. The van der Waals surface area contributed by atoms with Crippen molar-refractivity contribution in [1.29, 1.82) is 0 Å². The molecule has 0 aliphatic rings. The lowest BCUT2D eigenvalue weighted by Crippen LogP contribution is -2.27. The first-order valence-electron chi connectivity index (χ1n) is 11.3. The van der Waals surface area contributed by atoms with Gasteiger partial charge >= 0.3 is 0 Å². The number of hydrogen-bond donors (Lipinski definition) is 1. The van der Waals surface area contributed by atoms with Gasteiger partial charge in [0.05, 0.1) is 12.0 Å². The number of amides is 1. The van der Waals surface area contributed by atoms with Crippen LogP contribution in [0.2, 0.25) is 0 Å². The molecule has 0 fully saturated rings. The molecule has 180 valence electrons. The summed E-state index contributed by atoms with van der Waals surface area (Å²) in [6.45, 7) is 4.13. The number of hydrogen-bond acceptors (Lipinski definition) is 4. The van der Waals surface area contributed by atoms with Gasteiger partial charge in [-0.25, -0.2) is 8.42 Å². The minimum Gasteiger partial charge on any atom is -0.496 e.